The van der Waals surface area contributed by atoms with E-state index >= 15 is 0 Å². The number of rotatable bonds is 3. The van der Waals surface area contributed by atoms with Gasteiger partial charge >= 0.3 is 11.6 Å². The summed E-state index contributed by atoms with van der Waals surface area (Å²) in [6.45, 7) is 0. The monoisotopic (exact) mass is 392 g/mol. The maximum atomic E-state index is 10.4. The van der Waals surface area contributed by atoms with Gasteiger partial charge in [0.25, 0.3) is 0 Å². The molecule has 9 heteroatoms. The Morgan fingerprint density at radius 3 is 2.00 bits per heavy atom. The van der Waals surface area contributed by atoms with Crippen LogP contribution in [-0.4, -0.2) is 19.8 Å². The number of nitro groups is 2. The van der Waals surface area contributed by atoms with Crippen molar-refractivity contribution >= 4 is 33.1 Å². The van der Waals surface area contributed by atoms with Gasteiger partial charge in [0.1, 0.15) is 6.20 Å². The van der Waals surface area contributed by atoms with Crippen LogP contribution in [0, 0.1) is 20.2 Å². The number of allylic oxidation sites excluding steroid dienone is 2. The van der Waals surface area contributed by atoms with E-state index in [9.17, 15) is 20.2 Å². The largest absolute Gasteiger partial charge is 0.363 e. The van der Waals surface area contributed by atoms with Gasteiger partial charge in [-0.3, -0.25) is 0 Å². The van der Waals surface area contributed by atoms with Gasteiger partial charge in [0.2, 0.25) is 0 Å². The van der Waals surface area contributed by atoms with Crippen LogP contribution in [0.2, 0.25) is 0 Å². The minimum Gasteiger partial charge on any atom is -0.358 e. The van der Waals surface area contributed by atoms with Crippen LogP contribution >= 0.6 is 15.9 Å². The molecule has 0 aromatic carbocycles. The number of hydrogen-bond acceptors (Lipinski definition) is 6. The van der Waals surface area contributed by atoms with Gasteiger partial charge in [-0.1, -0.05) is 6.08 Å². The molecule has 8 nitrogen and oxygen atoms in total. The Morgan fingerprint density at radius 1 is 0.958 bits per heavy atom. The molecule has 2 aromatic rings. The molecule has 2 heterocycles. The molecule has 3 rings (SSSR count). The minimum atomic E-state index is -0.535. The number of aromatic nitrogens is 2. The third-order valence-electron chi connectivity index (χ3n) is 3.25. The fourth-order valence-corrected chi connectivity index (χ4v) is 2.33. The Labute approximate surface area is 145 Å². The lowest BCUT2D eigenvalue weighted by Crippen LogP contribution is -1.92. The molecule has 1 aliphatic carbocycles. The van der Waals surface area contributed by atoms with Gasteiger partial charge in [-0.15, -0.1) is 0 Å². The molecule has 0 fully saturated rings. The van der Waals surface area contributed by atoms with Crippen LogP contribution in [0.3, 0.4) is 0 Å². The molecule has 0 aliphatic heterocycles. The average Bonchev–Trinajstić information content (AvgIpc) is 3.10. The van der Waals surface area contributed by atoms with Gasteiger partial charge in [0.05, 0.1) is 4.47 Å². The van der Waals surface area contributed by atoms with Crippen LogP contribution in [-0.2, 0) is 0 Å². The van der Waals surface area contributed by atoms with Gasteiger partial charge in [0.15, 0.2) is 6.20 Å². The summed E-state index contributed by atoms with van der Waals surface area (Å²) in [4.78, 5) is 26.7. The molecule has 0 N–H and O–H groups in total. The second kappa shape index (κ2) is 8.25. The quantitative estimate of drug-likeness (QED) is 0.567. The van der Waals surface area contributed by atoms with Crippen LogP contribution in [0.5, 0.6) is 0 Å². The van der Waals surface area contributed by atoms with E-state index in [-0.39, 0.29) is 11.6 Å². The van der Waals surface area contributed by atoms with Gasteiger partial charge in [-0.05, 0) is 72.7 Å². The topological polar surface area (TPSA) is 112 Å². The second-order valence-electron chi connectivity index (χ2n) is 4.88. The summed E-state index contributed by atoms with van der Waals surface area (Å²) in [5.41, 5.74) is 2.26. The normalized spacial score (nSPS) is 12.8. The van der Waals surface area contributed by atoms with E-state index in [1.165, 1.54) is 30.3 Å². The first-order valence-electron chi connectivity index (χ1n) is 7.03. The first-order chi connectivity index (χ1) is 11.5. The van der Waals surface area contributed by atoms with Crippen LogP contribution in [0.4, 0.5) is 11.6 Å². The summed E-state index contributed by atoms with van der Waals surface area (Å²) >= 11 is 3.11. The fourth-order valence-electron chi connectivity index (χ4n) is 2.09. The fraction of sp³-hybridized carbons (Fsp3) is 0.200. The van der Waals surface area contributed by atoms with Gasteiger partial charge in [0, 0.05) is 17.7 Å². The standard InChI is InChI=1S/C10H10N2O2.C5H3BrN2O2/c13-12(14)10-6-5-9(7-11-10)8-3-1-2-4-8;6-4-1-2-5(7-3-4)8(9)10/h3,5-7H,1-2,4H2;1-3H. The van der Waals surface area contributed by atoms with Crippen molar-refractivity contribution < 1.29 is 9.85 Å². The predicted octanol–water partition coefficient (Wildman–Crippen LogP) is 4.31. The molecule has 0 bridgehead atoms. The summed E-state index contributed by atoms with van der Waals surface area (Å²) in [6, 6.07) is 6.13. The Kier molecular flexibility index (Phi) is 6.07. The van der Waals surface area contributed by atoms with Crippen LogP contribution in [0.25, 0.3) is 5.57 Å². The Balaban J connectivity index is 0.000000185. The lowest BCUT2D eigenvalue weighted by Gasteiger charge is -1.98. The summed E-state index contributed by atoms with van der Waals surface area (Å²) in [6.07, 6.45) is 8.47. The summed E-state index contributed by atoms with van der Waals surface area (Å²) in [7, 11) is 0. The molecular formula is C15H13BrN4O4. The maximum absolute atomic E-state index is 10.4. The van der Waals surface area contributed by atoms with Crippen molar-refractivity contribution in [3.05, 3.63) is 73.0 Å². The zero-order valence-corrected chi connectivity index (χ0v) is 14.0. The third kappa shape index (κ3) is 4.92. The predicted molar refractivity (Wildman–Crippen MR) is 91.3 cm³/mol. The van der Waals surface area contributed by atoms with Crippen molar-refractivity contribution in [2.24, 2.45) is 0 Å². The molecule has 2 aromatic heterocycles. The highest BCUT2D eigenvalue weighted by Gasteiger charge is 2.11. The number of halogens is 1. The highest BCUT2D eigenvalue weighted by molar-refractivity contribution is 9.10. The lowest BCUT2D eigenvalue weighted by molar-refractivity contribution is -0.389. The molecular weight excluding hydrogens is 380 g/mol. The molecule has 124 valence electrons. The van der Waals surface area contributed by atoms with Crippen molar-refractivity contribution in [3.63, 3.8) is 0 Å². The SMILES string of the molecule is O=[N+]([O-])c1ccc(Br)cn1.O=[N+]([O-])c1ccc(C2=CCCC2)cn1. The number of pyridine rings is 2. The zero-order valence-electron chi connectivity index (χ0n) is 12.5. The molecule has 0 amide bonds. The van der Waals surface area contributed by atoms with Gasteiger partial charge in [-0.2, -0.15) is 0 Å². The molecule has 24 heavy (non-hydrogen) atoms. The van der Waals surface area contributed by atoms with E-state index < -0.39 is 9.85 Å². The van der Waals surface area contributed by atoms with Crippen LogP contribution in [0.15, 0.2) is 47.2 Å². The highest BCUT2D eigenvalue weighted by Crippen LogP contribution is 2.27. The average molecular weight is 393 g/mol. The summed E-state index contributed by atoms with van der Waals surface area (Å²) in [5, 5.41) is 20.4. The van der Waals surface area contributed by atoms with E-state index in [1.54, 1.807) is 18.3 Å². The Hall–Kier alpha value is -2.68. The third-order valence-corrected chi connectivity index (χ3v) is 3.71. The summed E-state index contributed by atoms with van der Waals surface area (Å²) < 4.78 is 0.734. The van der Waals surface area contributed by atoms with E-state index in [0.717, 1.165) is 22.9 Å². The number of hydrogen-bond donors (Lipinski definition) is 0. The Morgan fingerprint density at radius 2 is 1.58 bits per heavy atom. The van der Waals surface area contributed by atoms with Crippen LogP contribution < -0.4 is 0 Å². The van der Waals surface area contributed by atoms with Crippen molar-refractivity contribution in [1.82, 2.24) is 9.97 Å². The summed E-state index contributed by atoms with van der Waals surface area (Å²) in [5.74, 6) is -0.226. The zero-order chi connectivity index (χ0) is 17.5. The van der Waals surface area contributed by atoms with Crippen molar-refractivity contribution in [3.8, 4) is 0 Å². The maximum Gasteiger partial charge on any atom is 0.363 e. The molecule has 1 aliphatic rings. The van der Waals surface area contributed by atoms with Crippen LogP contribution in [0.1, 0.15) is 24.8 Å². The molecule has 0 unspecified atom stereocenters. The van der Waals surface area contributed by atoms with E-state index in [1.807, 2.05) is 0 Å². The highest BCUT2D eigenvalue weighted by atomic mass is 79.9. The first-order valence-corrected chi connectivity index (χ1v) is 7.82. The van der Waals surface area contributed by atoms with Crippen molar-refractivity contribution in [2.45, 2.75) is 19.3 Å². The van der Waals surface area contributed by atoms with Gasteiger partial charge < -0.3 is 20.2 Å². The second-order valence-corrected chi connectivity index (χ2v) is 5.79. The van der Waals surface area contributed by atoms with Gasteiger partial charge in [-0.25, -0.2) is 0 Å². The van der Waals surface area contributed by atoms with Crippen molar-refractivity contribution in [2.75, 3.05) is 0 Å². The molecule has 0 atom stereocenters. The van der Waals surface area contributed by atoms with E-state index in [2.05, 4.69) is 32.0 Å². The molecule has 0 radical (unpaired) electrons. The molecule has 0 spiro atoms. The first kappa shape index (κ1) is 17.7. The lowest BCUT2D eigenvalue weighted by atomic mass is 10.1. The van der Waals surface area contributed by atoms with E-state index in [4.69, 9.17) is 0 Å². The molecule has 0 saturated carbocycles. The van der Waals surface area contributed by atoms with E-state index in [0.29, 0.717) is 0 Å². The number of nitrogens with zero attached hydrogens (tertiary/aromatic N) is 4. The molecule has 0 saturated heterocycles. The Bertz CT molecular complexity index is 760. The minimum absolute atomic E-state index is 0.0904. The van der Waals surface area contributed by atoms with Crippen molar-refractivity contribution in [1.29, 1.82) is 0 Å². The smallest absolute Gasteiger partial charge is 0.358 e.